The molecule has 1 aromatic rings. The zero-order valence-electron chi connectivity index (χ0n) is 12.0. The largest absolute Gasteiger partial charge is 0.447 e. The van der Waals surface area contributed by atoms with Crippen LogP contribution in [0.3, 0.4) is 0 Å². The van der Waals surface area contributed by atoms with E-state index in [1.807, 2.05) is 48.2 Å². The van der Waals surface area contributed by atoms with E-state index in [1.165, 1.54) is 0 Å². The van der Waals surface area contributed by atoms with Gasteiger partial charge < -0.3 is 9.47 Å². The first-order valence-electron chi connectivity index (χ1n) is 6.64. The van der Waals surface area contributed by atoms with E-state index in [-0.39, 0.29) is 0 Å². The molecule has 0 saturated carbocycles. The third kappa shape index (κ3) is 3.18. The van der Waals surface area contributed by atoms with Gasteiger partial charge in [0, 0.05) is 13.1 Å². The van der Waals surface area contributed by atoms with E-state index in [2.05, 4.69) is 13.8 Å². The fourth-order valence-electron chi connectivity index (χ4n) is 1.70. The lowest BCUT2D eigenvalue weighted by Gasteiger charge is -2.30. The van der Waals surface area contributed by atoms with Gasteiger partial charge in [-0.2, -0.15) is 0 Å². The minimum absolute atomic E-state index is 0.451. The van der Waals surface area contributed by atoms with Gasteiger partial charge in [-0.25, -0.2) is 9.80 Å². The summed E-state index contributed by atoms with van der Waals surface area (Å²) in [4.78, 5) is 3.98. The topological polar surface area (TPSA) is 34.2 Å². The highest BCUT2D eigenvalue weighted by Crippen LogP contribution is 2.32. The van der Waals surface area contributed by atoms with Gasteiger partial charge in [-0.3, -0.25) is 4.74 Å². The summed E-state index contributed by atoms with van der Waals surface area (Å²) in [5.74, 6) is 1.42. The second-order valence-electron chi connectivity index (χ2n) is 4.58. The van der Waals surface area contributed by atoms with E-state index < -0.39 is 12.8 Å². The molecule has 0 aromatic heterocycles. The molecule has 5 nitrogen and oxygen atoms in total. The number of hydrogen-bond acceptors (Lipinski definition) is 5. The van der Waals surface area contributed by atoms with Gasteiger partial charge in [-0.15, -0.1) is 0 Å². The first-order valence-corrected chi connectivity index (χ1v) is 6.64. The summed E-state index contributed by atoms with van der Waals surface area (Å²) >= 11 is 0. The Morgan fingerprint density at radius 2 is 1.32 bits per heavy atom. The van der Waals surface area contributed by atoms with Crippen LogP contribution in [0.25, 0.3) is 0 Å². The Hall–Kier alpha value is -1.30. The number of fused-ring (bicyclic) bond motifs is 1. The molecule has 1 heterocycles. The molecule has 19 heavy (non-hydrogen) atoms. The summed E-state index contributed by atoms with van der Waals surface area (Å²) < 4.78 is 17.7. The maximum absolute atomic E-state index is 5.91. The fourth-order valence-corrected chi connectivity index (χ4v) is 1.70. The molecule has 1 aliphatic rings. The number of ether oxygens (including phenoxy) is 3. The molecule has 0 radical (unpaired) electrons. The summed E-state index contributed by atoms with van der Waals surface area (Å²) in [6, 6.07) is 7.64. The van der Waals surface area contributed by atoms with Crippen LogP contribution in [0.2, 0.25) is 0 Å². The lowest BCUT2D eigenvalue weighted by Crippen LogP contribution is -2.46. The van der Waals surface area contributed by atoms with Crippen molar-refractivity contribution in [1.82, 2.24) is 9.80 Å². The van der Waals surface area contributed by atoms with Crippen molar-refractivity contribution < 1.29 is 14.2 Å². The van der Waals surface area contributed by atoms with Crippen LogP contribution < -0.4 is 9.47 Å². The summed E-state index contributed by atoms with van der Waals surface area (Å²) in [7, 11) is 3.92. The number of para-hydroxylation sites is 2. The number of rotatable bonds is 4. The molecule has 0 amide bonds. The van der Waals surface area contributed by atoms with Crippen molar-refractivity contribution in [2.75, 3.05) is 27.2 Å². The summed E-state index contributed by atoms with van der Waals surface area (Å²) in [5.41, 5.74) is 0. The maximum atomic E-state index is 5.91. The molecule has 0 spiro atoms. The molecule has 1 aliphatic heterocycles. The quantitative estimate of drug-likeness (QED) is 0.832. The molecule has 0 N–H and O–H groups in total. The molecule has 0 fully saturated rings. The van der Waals surface area contributed by atoms with Crippen molar-refractivity contribution in [1.29, 1.82) is 0 Å². The van der Waals surface area contributed by atoms with Gasteiger partial charge in [0.2, 0.25) is 0 Å². The predicted octanol–water partition coefficient (Wildman–Crippen LogP) is 1.95. The molecule has 106 valence electrons. The van der Waals surface area contributed by atoms with Gasteiger partial charge in [-0.1, -0.05) is 26.0 Å². The van der Waals surface area contributed by atoms with Crippen molar-refractivity contribution in [3.05, 3.63) is 24.3 Å². The average Bonchev–Trinajstić information content (AvgIpc) is 2.64. The Labute approximate surface area is 114 Å². The summed E-state index contributed by atoms with van der Waals surface area (Å²) in [6.07, 6.45) is -0.903. The van der Waals surface area contributed by atoms with Crippen LogP contribution in [0.4, 0.5) is 0 Å². The standard InChI is InChI=1S/C14H22N2O3/c1-5-15(3)13-17-11-9-7-8-10-12(11)18-14(19-13)16(4)6-2/h7-10,13-14H,5-6H2,1-4H3. The number of nitrogens with zero attached hydrogens (tertiary/aromatic N) is 2. The minimum atomic E-state index is -0.451. The molecule has 5 heteroatoms. The third-order valence-electron chi connectivity index (χ3n) is 3.25. The van der Waals surface area contributed by atoms with E-state index in [9.17, 15) is 0 Å². The van der Waals surface area contributed by atoms with E-state index in [0.717, 1.165) is 13.1 Å². The Morgan fingerprint density at radius 1 is 0.895 bits per heavy atom. The SMILES string of the molecule is CCN(C)C1Oc2ccccc2OC(N(C)CC)O1. The first-order chi connectivity index (χ1) is 9.15. The first kappa shape index (κ1) is 14.1. The highest BCUT2D eigenvalue weighted by Gasteiger charge is 2.30. The molecule has 2 unspecified atom stereocenters. The normalized spacial score (nSPS) is 22.6. The van der Waals surface area contributed by atoms with Crippen molar-refractivity contribution in [3.63, 3.8) is 0 Å². The van der Waals surface area contributed by atoms with E-state index >= 15 is 0 Å². The van der Waals surface area contributed by atoms with Gasteiger partial charge in [0.05, 0.1) is 0 Å². The smallest absolute Gasteiger partial charge is 0.266 e. The predicted molar refractivity (Wildman–Crippen MR) is 73.0 cm³/mol. The molecule has 1 aromatic carbocycles. The fraction of sp³-hybridized carbons (Fsp3) is 0.571. The minimum Gasteiger partial charge on any atom is -0.447 e. The average molecular weight is 266 g/mol. The molecule has 2 rings (SSSR count). The zero-order valence-corrected chi connectivity index (χ0v) is 12.0. The maximum Gasteiger partial charge on any atom is 0.266 e. The van der Waals surface area contributed by atoms with Crippen LogP contribution in [0.1, 0.15) is 13.8 Å². The third-order valence-corrected chi connectivity index (χ3v) is 3.25. The Kier molecular flexibility index (Phi) is 4.63. The highest BCUT2D eigenvalue weighted by atomic mass is 16.8. The van der Waals surface area contributed by atoms with Gasteiger partial charge in [0.15, 0.2) is 11.5 Å². The Balaban J connectivity index is 2.26. The monoisotopic (exact) mass is 266 g/mol. The van der Waals surface area contributed by atoms with Crippen LogP contribution in [0, 0.1) is 0 Å². The van der Waals surface area contributed by atoms with Crippen LogP contribution in [0.5, 0.6) is 11.5 Å². The van der Waals surface area contributed by atoms with E-state index in [1.54, 1.807) is 0 Å². The number of hydrogen-bond donors (Lipinski definition) is 0. The number of benzene rings is 1. The van der Waals surface area contributed by atoms with Crippen LogP contribution in [-0.4, -0.2) is 49.8 Å². The Bertz CT molecular complexity index is 376. The van der Waals surface area contributed by atoms with Crippen LogP contribution >= 0.6 is 0 Å². The van der Waals surface area contributed by atoms with Crippen molar-refractivity contribution in [3.8, 4) is 11.5 Å². The second kappa shape index (κ2) is 6.23. The van der Waals surface area contributed by atoms with Gasteiger partial charge in [0.25, 0.3) is 12.8 Å². The molecule has 0 saturated heterocycles. The van der Waals surface area contributed by atoms with Gasteiger partial charge in [-0.05, 0) is 26.2 Å². The molecular formula is C14H22N2O3. The molecule has 0 bridgehead atoms. The molecular weight excluding hydrogens is 244 g/mol. The highest BCUT2D eigenvalue weighted by molar-refractivity contribution is 5.39. The van der Waals surface area contributed by atoms with Crippen molar-refractivity contribution in [2.45, 2.75) is 26.7 Å². The summed E-state index contributed by atoms with van der Waals surface area (Å²) in [6.45, 7) is 5.77. The van der Waals surface area contributed by atoms with E-state index in [0.29, 0.717) is 11.5 Å². The summed E-state index contributed by atoms with van der Waals surface area (Å²) in [5, 5.41) is 0. The van der Waals surface area contributed by atoms with Gasteiger partial charge in [0.1, 0.15) is 0 Å². The molecule has 0 aliphatic carbocycles. The molecule has 2 atom stereocenters. The lowest BCUT2D eigenvalue weighted by atomic mass is 10.3. The van der Waals surface area contributed by atoms with Crippen LogP contribution in [-0.2, 0) is 4.74 Å². The van der Waals surface area contributed by atoms with E-state index in [4.69, 9.17) is 14.2 Å². The van der Waals surface area contributed by atoms with Crippen LogP contribution in [0.15, 0.2) is 24.3 Å². The second-order valence-corrected chi connectivity index (χ2v) is 4.58. The van der Waals surface area contributed by atoms with Crippen molar-refractivity contribution in [2.24, 2.45) is 0 Å². The van der Waals surface area contributed by atoms with Gasteiger partial charge >= 0.3 is 0 Å². The lowest BCUT2D eigenvalue weighted by molar-refractivity contribution is -0.267. The van der Waals surface area contributed by atoms with Crippen molar-refractivity contribution >= 4 is 0 Å². The zero-order chi connectivity index (χ0) is 13.8. The Morgan fingerprint density at radius 3 is 1.68 bits per heavy atom.